The first kappa shape index (κ1) is 16.4. The summed E-state index contributed by atoms with van der Waals surface area (Å²) in [4.78, 5) is 10.4. The van der Waals surface area contributed by atoms with E-state index in [1.807, 2.05) is 0 Å². The molecule has 0 fully saturated rings. The highest BCUT2D eigenvalue weighted by atomic mass is 16.6. The lowest BCUT2D eigenvalue weighted by Gasteiger charge is -2.12. The van der Waals surface area contributed by atoms with Crippen molar-refractivity contribution >= 4 is 5.69 Å². The SMILES string of the molecule is COCCNCc1cc([N+](=O)[O-])ccc1OCCOC. The van der Waals surface area contributed by atoms with E-state index in [2.05, 4.69) is 5.32 Å². The molecule has 112 valence electrons. The Labute approximate surface area is 118 Å². The largest absolute Gasteiger partial charge is 0.491 e. The lowest BCUT2D eigenvalue weighted by molar-refractivity contribution is -0.384. The van der Waals surface area contributed by atoms with Crippen LogP contribution in [0.1, 0.15) is 5.56 Å². The summed E-state index contributed by atoms with van der Waals surface area (Å²) in [5.74, 6) is 0.623. The highest BCUT2D eigenvalue weighted by Crippen LogP contribution is 2.24. The number of hydrogen-bond acceptors (Lipinski definition) is 6. The van der Waals surface area contributed by atoms with E-state index in [1.54, 1.807) is 20.3 Å². The van der Waals surface area contributed by atoms with Gasteiger partial charge < -0.3 is 19.5 Å². The summed E-state index contributed by atoms with van der Waals surface area (Å²) >= 11 is 0. The Kier molecular flexibility index (Phi) is 7.56. The minimum absolute atomic E-state index is 0.0487. The lowest BCUT2D eigenvalue weighted by atomic mass is 10.1. The van der Waals surface area contributed by atoms with Crippen molar-refractivity contribution in [2.75, 3.05) is 40.6 Å². The Morgan fingerprint density at radius 2 is 1.95 bits per heavy atom. The van der Waals surface area contributed by atoms with Crippen LogP contribution in [0.25, 0.3) is 0 Å². The molecule has 0 aliphatic heterocycles. The molecule has 1 aromatic carbocycles. The second kappa shape index (κ2) is 9.24. The summed E-state index contributed by atoms with van der Waals surface area (Å²) in [5, 5.41) is 13.9. The molecule has 0 spiro atoms. The molecule has 0 unspecified atom stereocenters. The number of methoxy groups -OCH3 is 2. The van der Waals surface area contributed by atoms with E-state index in [-0.39, 0.29) is 5.69 Å². The third-order valence-corrected chi connectivity index (χ3v) is 2.60. The Balaban J connectivity index is 2.72. The van der Waals surface area contributed by atoms with Crippen LogP contribution in [0.5, 0.6) is 5.75 Å². The van der Waals surface area contributed by atoms with Crippen LogP contribution in [0, 0.1) is 10.1 Å². The standard InChI is InChI=1S/C13H20N2O5/c1-18-6-5-14-10-11-9-12(15(16)17)3-4-13(11)20-8-7-19-2/h3-4,9,14H,5-8,10H2,1-2H3. The van der Waals surface area contributed by atoms with Gasteiger partial charge in [0.15, 0.2) is 0 Å². The molecule has 7 nitrogen and oxygen atoms in total. The van der Waals surface area contributed by atoms with Gasteiger partial charge in [-0.3, -0.25) is 10.1 Å². The van der Waals surface area contributed by atoms with Gasteiger partial charge in [-0.25, -0.2) is 0 Å². The second-order valence-electron chi connectivity index (χ2n) is 4.06. The molecule has 0 aromatic heterocycles. The number of hydrogen-bond donors (Lipinski definition) is 1. The van der Waals surface area contributed by atoms with Crippen LogP contribution in [-0.4, -0.2) is 45.5 Å². The summed E-state index contributed by atoms with van der Waals surface area (Å²) in [6, 6.07) is 4.56. The van der Waals surface area contributed by atoms with Gasteiger partial charge in [0.2, 0.25) is 0 Å². The first-order valence-electron chi connectivity index (χ1n) is 6.27. The number of non-ortho nitro benzene ring substituents is 1. The highest BCUT2D eigenvalue weighted by molar-refractivity contribution is 5.43. The minimum Gasteiger partial charge on any atom is -0.491 e. The van der Waals surface area contributed by atoms with Gasteiger partial charge in [-0.2, -0.15) is 0 Å². The quantitative estimate of drug-likeness (QED) is 0.397. The number of benzene rings is 1. The van der Waals surface area contributed by atoms with Crippen LogP contribution < -0.4 is 10.1 Å². The second-order valence-corrected chi connectivity index (χ2v) is 4.06. The van der Waals surface area contributed by atoms with Gasteiger partial charge in [0.1, 0.15) is 12.4 Å². The Morgan fingerprint density at radius 3 is 2.60 bits per heavy atom. The van der Waals surface area contributed by atoms with Crippen molar-refractivity contribution in [2.24, 2.45) is 0 Å². The van der Waals surface area contributed by atoms with E-state index < -0.39 is 4.92 Å². The van der Waals surface area contributed by atoms with Crippen LogP contribution >= 0.6 is 0 Å². The Hall–Kier alpha value is -1.70. The molecular formula is C13H20N2O5. The van der Waals surface area contributed by atoms with Gasteiger partial charge in [-0.05, 0) is 6.07 Å². The molecule has 0 bridgehead atoms. The topological polar surface area (TPSA) is 82.9 Å². The van der Waals surface area contributed by atoms with Crippen molar-refractivity contribution in [2.45, 2.75) is 6.54 Å². The number of nitrogens with one attached hydrogen (secondary N) is 1. The van der Waals surface area contributed by atoms with E-state index in [0.29, 0.717) is 38.7 Å². The summed E-state index contributed by atoms with van der Waals surface area (Å²) in [7, 11) is 3.21. The number of nitro groups is 1. The Morgan fingerprint density at radius 1 is 1.20 bits per heavy atom. The molecule has 20 heavy (non-hydrogen) atoms. The predicted molar refractivity (Wildman–Crippen MR) is 74.1 cm³/mol. The van der Waals surface area contributed by atoms with Crippen molar-refractivity contribution in [1.82, 2.24) is 5.32 Å². The zero-order valence-electron chi connectivity index (χ0n) is 11.8. The zero-order chi connectivity index (χ0) is 14.8. The van der Waals surface area contributed by atoms with Gasteiger partial charge in [0.25, 0.3) is 5.69 Å². The molecule has 0 saturated carbocycles. The highest BCUT2D eigenvalue weighted by Gasteiger charge is 2.11. The van der Waals surface area contributed by atoms with Crippen LogP contribution in [0.15, 0.2) is 18.2 Å². The van der Waals surface area contributed by atoms with E-state index in [1.165, 1.54) is 12.1 Å². The molecule has 0 radical (unpaired) electrons. The zero-order valence-corrected chi connectivity index (χ0v) is 11.8. The molecule has 0 aliphatic carbocycles. The van der Waals surface area contributed by atoms with E-state index >= 15 is 0 Å². The van der Waals surface area contributed by atoms with Crippen molar-refractivity contribution < 1.29 is 19.1 Å². The summed E-state index contributed by atoms with van der Waals surface area (Å²) in [6.45, 7) is 2.59. The van der Waals surface area contributed by atoms with Crippen LogP contribution in [0.2, 0.25) is 0 Å². The molecule has 7 heteroatoms. The maximum atomic E-state index is 10.8. The number of nitrogens with zero attached hydrogens (tertiary/aromatic N) is 1. The fraction of sp³-hybridized carbons (Fsp3) is 0.538. The average Bonchev–Trinajstić information content (AvgIpc) is 2.44. The van der Waals surface area contributed by atoms with E-state index in [9.17, 15) is 10.1 Å². The van der Waals surface area contributed by atoms with E-state index in [0.717, 1.165) is 5.56 Å². The fourth-order valence-corrected chi connectivity index (χ4v) is 1.59. The molecule has 1 rings (SSSR count). The van der Waals surface area contributed by atoms with Crippen molar-refractivity contribution in [1.29, 1.82) is 0 Å². The lowest BCUT2D eigenvalue weighted by Crippen LogP contribution is -2.19. The van der Waals surface area contributed by atoms with Crippen molar-refractivity contribution in [3.63, 3.8) is 0 Å². The molecule has 0 atom stereocenters. The number of ether oxygens (including phenoxy) is 3. The first-order chi connectivity index (χ1) is 9.69. The van der Waals surface area contributed by atoms with Gasteiger partial charge in [-0.15, -0.1) is 0 Å². The van der Waals surface area contributed by atoms with Gasteiger partial charge in [-0.1, -0.05) is 0 Å². The molecule has 0 amide bonds. The minimum atomic E-state index is -0.419. The third kappa shape index (κ3) is 5.52. The van der Waals surface area contributed by atoms with Crippen molar-refractivity contribution in [3.8, 4) is 5.75 Å². The smallest absolute Gasteiger partial charge is 0.270 e. The summed E-state index contributed by atoms with van der Waals surface area (Å²) in [5.41, 5.74) is 0.791. The summed E-state index contributed by atoms with van der Waals surface area (Å²) in [6.07, 6.45) is 0. The van der Waals surface area contributed by atoms with Crippen LogP contribution in [-0.2, 0) is 16.0 Å². The van der Waals surface area contributed by atoms with Crippen LogP contribution in [0.4, 0.5) is 5.69 Å². The maximum Gasteiger partial charge on any atom is 0.270 e. The third-order valence-electron chi connectivity index (χ3n) is 2.60. The monoisotopic (exact) mass is 284 g/mol. The molecule has 0 aliphatic rings. The normalized spacial score (nSPS) is 10.5. The predicted octanol–water partition coefficient (Wildman–Crippen LogP) is 1.36. The molecule has 0 heterocycles. The number of nitro benzene ring substituents is 1. The molecule has 1 aromatic rings. The first-order valence-corrected chi connectivity index (χ1v) is 6.27. The van der Waals surface area contributed by atoms with Gasteiger partial charge >= 0.3 is 0 Å². The average molecular weight is 284 g/mol. The van der Waals surface area contributed by atoms with Gasteiger partial charge in [0.05, 0.1) is 18.1 Å². The van der Waals surface area contributed by atoms with Gasteiger partial charge in [0, 0.05) is 45.0 Å². The maximum absolute atomic E-state index is 10.8. The molecular weight excluding hydrogens is 264 g/mol. The Bertz CT molecular complexity index is 425. The van der Waals surface area contributed by atoms with E-state index in [4.69, 9.17) is 14.2 Å². The summed E-state index contributed by atoms with van der Waals surface area (Å²) < 4.78 is 15.4. The molecule has 1 N–H and O–H groups in total. The fourth-order valence-electron chi connectivity index (χ4n) is 1.59. The van der Waals surface area contributed by atoms with Crippen molar-refractivity contribution in [3.05, 3.63) is 33.9 Å². The molecule has 0 saturated heterocycles. The van der Waals surface area contributed by atoms with Crippen LogP contribution in [0.3, 0.4) is 0 Å². The number of rotatable bonds is 10.